The Morgan fingerprint density at radius 1 is 1.26 bits per heavy atom. The van der Waals surface area contributed by atoms with Gasteiger partial charge in [0.15, 0.2) is 0 Å². The summed E-state index contributed by atoms with van der Waals surface area (Å²) in [6.45, 7) is 4.13. The van der Waals surface area contributed by atoms with E-state index >= 15 is 0 Å². The minimum atomic E-state index is -1.18. The van der Waals surface area contributed by atoms with Crippen LogP contribution in [0, 0.1) is 11.8 Å². The third-order valence-electron chi connectivity index (χ3n) is 6.03. The molecule has 1 aromatic carbocycles. The number of hydrogen-bond acceptors (Lipinski definition) is 5. The molecule has 4 atom stereocenters. The van der Waals surface area contributed by atoms with E-state index in [1.165, 1.54) is 11.9 Å². The molecule has 2 fully saturated rings. The molecule has 0 aromatic heterocycles. The van der Waals surface area contributed by atoms with Crippen LogP contribution in [0.5, 0.6) is 0 Å². The predicted molar refractivity (Wildman–Crippen MR) is 105 cm³/mol. The van der Waals surface area contributed by atoms with E-state index in [0.29, 0.717) is 6.54 Å². The lowest BCUT2D eigenvalue weighted by Crippen LogP contribution is -2.55. The fourth-order valence-electron chi connectivity index (χ4n) is 4.89. The number of nitrogens with one attached hydrogen (secondary N) is 1. The maximum absolute atomic E-state index is 13.6. The second kappa shape index (κ2) is 6.49. The van der Waals surface area contributed by atoms with E-state index in [-0.39, 0.29) is 23.8 Å². The van der Waals surface area contributed by atoms with Gasteiger partial charge >= 0.3 is 0 Å². The van der Waals surface area contributed by atoms with Gasteiger partial charge in [-0.1, -0.05) is 24.3 Å². The van der Waals surface area contributed by atoms with E-state index in [9.17, 15) is 14.4 Å². The van der Waals surface area contributed by atoms with Crippen LogP contribution in [0.3, 0.4) is 0 Å². The Bertz CT molecular complexity index is 842. The zero-order chi connectivity index (χ0) is 19.3. The third kappa shape index (κ3) is 2.28. The van der Waals surface area contributed by atoms with Crippen molar-refractivity contribution >= 4 is 35.2 Å². The molecule has 3 heterocycles. The van der Waals surface area contributed by atoms with Crippen LogP contribution in [-0.4, -0.2) is 54.3 Å². The number of likely N-dealkylation sites (tertiary alicyclic amines) is 1. The molecule has 1 N–H and O–H groups in total. The quantitative estimate of drug-likeness (QED) is 0.612. The van der Waals surface area contributed by atoms with Gasteiger partial charge in [0.25, 0.3) is 5.91 Å². The summed E-state index contributed by atoms with van der Waals surface area (Å²) >= 11 is 1.69. The van der Waals surface area contributed by atoms with Crippen LogP contribution >= 0.6 is 11.8 Å². The highest BCUT2D eigenvalue weighted by Crippen LogP contribution is 2.54. The summed E-state index contributed by atoms with van der Waals surface area (Å²) in [7, 11) is 1.52. The first-order valence-corrected chi connectivity index (χ1v) is 10.5. The summed E-state index contributed by atoms with van der Waals surface area (Å²) in [5, 5.41) is 3.47. The Morgan fingerprint density at radius 2 is 2.00 bits per heavy atom. The average Bonchev–Trinajstić information content (AvgIpc) is 3.22. The van der Waals surface area contributed by atoms with Gasteiger partial charge in [0.1, 0.15) is 5.54 Å². The van der Waals surface area contributed by atoms with Gasteiger partial charge in [-0.05, 0) is 24.5 Å². The number of para-hydroxylation sites is 1. The summed E-state index contributed by atoms with van der Waals surface area (Å²) in [6, 6.07) is 7.34. The maximum Gasteiger partial charge on any atom is 0.253 e. The first-order valence-electron chi connectivity index (χ1n) is 9.09. The highest BCUT2D eigenvalue weighted by molar-refractivity contribution is 7.98. The Kier molecular flexibility index (Phi) is 4.39. The highest BCUT2D eigenvalue weighted by Gasteiger charge is 2.70. The van der Waals surface area contributed by atoms with Crippen molar-refractivity contribution in [2.24, 2.45) is 11.8 Å². The van der Waals surface area contributed by atoms with Gasteiger partial charge in [0.05, 0.1) is 11.8 Å². The molecule has 0 saturated carbocycles. The number of imide groups is 1. The van der Waals surface area contributed by atoms with Gasteiger partial charge in [-0.25, -0.2) is 0 Å². The van der Waals surface area contributed by atoms with Crippen LogP contribution in [0.2, 0.25) is 0 Å². The number of anilines is 1. The predicted octanol–water partition coefficient (Wildman–Crippen LogP) is 1.37. The molecule has 6 nitrogen and oxygen atoms in total. The van der Waals surface area contributed by atoms with E-state index in [4.69, 9.17) is 0 Å². The standard InChI is InChI=1S/C20H23N3O3S/c1-4-10-23-14-8-6-5-7-12(14)20(19(23)26)16-15(13(21-20)9-11-27-3)17(24)22(2)18(16)25/h4-8,13,15-16,21H,1,9-11H2,2-3H3/t13-,15-,16-,20-/m1/s1. The minimum absolute atomic E-state index is 0.165. The lowest BCUT2D eigenvalue weighted by atomic mass is 9.76. The average molecular weight is 385 g/mol. The van der Waals surface area contributed by atoms with Crippen molar-refractivity contribution in [1.29, 1.82) is 0 Å². The second-order valence-corrected chi connectivity index (χ2v) is 8.29. The van der Waals surface area contributed by atoms with Crippen molar-refractivity contribution in [3.63, 3.8) is 0 Å². The van der Waals surface area contributed by atoms with Crippen molar-refractivity contribution in [3.05, 3.63) is 42.5 Å². The molecule has 0 unspecified atom stereocenters. The number of hydrogen-bond donors (Lipinski definition) is 1. The van der Waals surface area contributed by atoms with Gasteiger partial charge in [-0.2, -0.15) is 11.8 Å². The number of benzene rings is 1. The summed E-state index contributed by atoms with van der Waals surface area (Å²) in [5.41, 5.74) is 0.397. The number of amides is 3. The Balaban J connectivity index is 1.88. The largest absolute Gasteiger partial charge is 0.306 e. The number of rotatable bonds is 5. The number of nitrogens with zero attached hydrogens (tertiary/aromatic N) is 2. The number of thioether (sulfide) groups is 1. The highest BCUT2D eigenvalue weighted by atomic mass is 32.2. The molecule has 7 heteroatoms. The number of fused-ring (bicyclic) bond motifs is 4. The Hall–Kier alpha value is -2.12. The van der Waals surface area contributed by atoms with Crippen LogP contribution in [0.4, 0.5) is 5.69 Å². The van der Waals surface area contributed by atoms with Gasteiger partial charge < -0.3 is 4.90 Å². The van der Waals surface area contributed by atoms with Crippen molar-refractivity contribution in [2.45, 2.75) is 18.0 Å². The number of carbonyl (C=O) groups is 3. The van der Waals surface area contributed by atoms with Crippen molar-refractivity contribution in [1.82, 2.24) is 10.2 Å². The second-order valence-electron chi connectivity index (χ2n) is 7.30. The van der Waals surface area contributed by atoms with Gasteiger partial charge in [-0.3, -0.25) is 24.6 Å². The van der Waals surface area contributed by atoms with Crippen molar-refractivity contribution in [2.75, 3.05) is 30.5 Å². The summed E-state index contributed by atoms with van der Waals surface area (Å²) in [6.07, 6.45) is 4.42. The van der Waals surface area contributed by atoms with Crippen LogP contribution in [-0.2, 0) is 19.9 Å². The van der Waals surface area contributed by atoms with Crippen LogP contribution < -0.4 is 10.2 Å². The zero-order valence-corrected chi connectivity index (χ0v) is 16.3. The minimum Gasteiger partial charge on any atom is -0.306 e. The summed E-state index contributed by atoms with van der Waals surface area (Å²) in [5.74, 6) is -0.975. The Labute approximate surface area is 163 Å². The Morgan fingerprint density at radius 3 is 2.70 bits per heavy atom. The molecule has 3 aliphatic heterocycles. The van der Waals surface area contributed by atoms with Crippen LogP contribution in [0.15, 0.2) is 36.9 Å². The van der Waals surface area contributed by atoms with E-state index in [0.717, 1.165) is 23.4 Å². The van der Waals surface area contributed by atoms with Gasteiger partial charge in [0.2, 0.25) is 11.8 Å². The molecule has 3 aliphatic rings. The molecule has 0 bridgehead atoms. The molecule has 27 heavy (non-hydrogen) atoms. The lowest BCUT2D eigenvalue weighted by molar-refractivity contribution is -0.141. The summed E-state index contributed by atoms with van der Waals surface area (Å²) in [4.78, 5) is 42.4. The van der Waals surface area contributed by atoms with Crippen molar-refractivity contribution < 1.29 is 14.4 Å². The summed E-state index contributed by atoms with van der Waals surface area (Å²) < 4.78 is 0. The van der Waals surface area contributed by atoms with Crippen molar-refractivity contribution in [3.8, 4) is 0 Å². The molecular weight excluding hydrogens is 362 g/mol. The van der Waals surface area contributed by atoms with Crippen LogP contribution in [0.1, 0.15) is 12.0 Å². The zero-order valence-electron chi connectivity index (χ0n) is 15.5. The van der Waals surface area contributed by atoms with Crippen LogP contribution in [0.25, 0.3) is 0 Å². The molecule has 2 saturated heterocycles. The topological polar surface area (TPSA) is 69.7 Å². The van der Waals surface area contributed by atoms with Gasteiger partial charge in [-0.15, -0.1) is 6.58 Å². The molecular formula is C20H23N3O3S. The monoisotopic (exact) mass is 385 g/mol. The first-order chi connectivity index (χ1) is 13.0. The third-order valence-corrected chi connectivity index (χ3v) is 6.68. The fourth-order valence-corrected chi connectivity index (χ4v) is 5.38. The lowest BCUT2D eigenvalue weighted by Gasteiger charge is -2.30. The smallest absolute Gasteiger partial charge is 0.253 e. The normalized spacial score (nSPS) is 31.8. The van der Waals surface area contributed by atoms with E-state index in [1.54, 1.807) is 22.7 Å². The molecule has 3 amide bonds. The van der Waals surface area contributed by atoms with E-state index in [1.807, 2.05) is 30.5 Å². The number of carbonyl (C=O) groups excluding carboxylic acids is 3. The first kappa shape index (κ1) is 18.3. The molecule has 0 aliphatic carbocycles. The fraction of sp³-hybridized carbons (Fsp3) is 0.450. The SMILES string of the molecule is C=CCN1C(=O)[C@@]2(N[C@H](CCSC)[C@H]3C(=O)N(C)C(=O)[C@@H]32)c2ccccc21. The molecule has 0 radical (unpaired) electrons. The molecule has 142 valence electrons. The molecule has 1 aromatic rings. The maximum atomic E-state index is 13.6. The molecule has 4 rings (SSSR count). The van der Waals surface area contributed by atoms with E-state index in [2.05, 4.69) is 11.9 Å². The van der Waals surface area contributed by atoms with E-state index < -0.39 is 17.4 Å². The molecule has 1 spiro atoms. The van der Waals surface area contributed by atoms with Gasteiger partial charge in [0, 0.05) is 30.9 Å².